The Morgan fingerprint density at radius 3 is 2.50 bits per heavy atom. The number of amides is 2. The molecule has 1 saturated heterocycles. The highest BCUT2D eigenvalue weighted by atomic mass is 32.2. The Balaban J connectivity index is 1.79. The van der Waals surface area contributed by atoms with Gasteiger partial charge >= 0.3 is 6.09 Å². The van der Waals surface area contributed by atoms with Gasteiger partial charge in [0.15, 0.2) is 0 Å². The maximum absolute atomic E-state index is 12.5. The summed E-state index contributed by atoms with van der Waals surface area (Å²) in [5, 5.41) is 2.05. The summed E-state index contributed by atoms with van der Waals surface area (Å²) in [6.07, 6.45) is -0.839. The number of benzene rings is 2. The van der Waals surface area contributed by atoms with Crippen molar-refractivity contribution in [2.45, 2.75) is 24.8 Å². The second kappa shape index (κ2) is 6.02. The molecule has 0 unspecified atom stereocenters. The zero-order valence-electron chi connectivity index (χ0n) is 14.1. The van der Waals surface area contributed by atoms with E-state index >= 15 is 0 Å². The van der Waals surface area contributed by atoms with E-state index in [1.807, 2.05) is 50.2 Å². The Morgan fingerprint density at radius 2 is 1.88 bits per heavy atom. The third kappa shape index (κ3) is 2.94. The summed E-state index contributed by atoms with van der Waals surface area (Å²) in [6.45, 7) is 3.90. The Kier molecular flexibility index (Phi) is 4.17. The molecule has 5 nitrogen and oxygen atoms in total. The van der Waals surface area contributed by atoms with Crippen LogP contribution in [-0.2, 0) is 0 Å². The molecular formula is C18H20N2O3S. The minimum atomic E-state index is -0.481. The van der Waals surface area contributed by atoms with Crippen LogP contribution >= 0.6 is 11.8 Å². The zero-order valence-corrected chi connectivity index (χ0v) is 15.0. The molecule has 1 aliphatic rings. The molecule has 1 heterocycles. The minimum absolute atomic E-state index is 0.0460. The second-order valence-electron chi connectivity index (χ2n) is 6.44. The Bertz CT molecular complexity index is 806. The van der Waals surface area contributed by atoms with E-state index in [1.54, 1.807) is 25.1 Å². The fourth-order valence-corrected chi connectivity index (χ4v) is 4.26. The minimum Gasteiger partial charge on any atom is -0.410 e. The van der Waals surface area contributed by atoms with Crippen LogP contribution in [0.2, 0.25) is 0 Å². The first-order valence-corrected chi connectivity index (χ1v) is 8.50. The molecule has 0 saturated carbocycles. The molecule has 3 rings (SSSR count). The molecule has 2 aromatic rings. The summed E-state index contributed by atoms with van der Waals surface area (Å²) < 4.78 is 5.11. The average molecular weight is 344 g/mol. The first-order valence-electron chi connectivity index (χ1n) is 7.69. The monoisotopic (exact) mass is 344 g/mol. The fourth-order valence-electron chi connectivity index (χ4n) is 3.15. The molecule has 126 valence electrons. The van der Waals surface area contributed by atoms with Gasteiger partial charge in [0.25, 0.3) is 5.24 Å². The quantitative estimate of drug-likeness (QED) is 0.820. The van der Waals surface area contributed by atoms with Crippen LogP contribution in [0, 0.1) is 0 Å². The van der Waals surface area contributed by atoms with E-state index in [9.17, 15) is 9.59 Å². The highest BCUT2D eigenvalue weighted by Gasteiger charge is 2.48. The van der Waals surface area contributed by atoms with E-state index in [0.717, 1.165) is 10.8 Å². The average Bonchev–Trinajstić information content (AvgIpc) is 2.74. The van der Waals surface area contributed by atoms with E-state index in [4.69, 9.17) is 4.74 Å². The summed E-state index contributed by atoms with van der Waals surface area (Å²) in [6, 6.07) is 13.4. The van der Waals surface area contributed by atoms with Gasteiger partial charge in [0.1, 0.15) is 11.9 Å². The highest BCUT2D eigenvalue weighted by molar-refractivity contribution is 8.15. The van der Waals surface area contributed by atoms with Gasteiger partial charge in [0.05, 0.1) is 4.75 Å². The van der Waals surface area contributed by atoms with Gasteiger partial charge in [0, 0.05) is 14.1 Å². The molecule has 0 bridgehead atoms. The molecule has 24 heavy (non-hydrogen) atoms. The van der Waals surface area contributed by atoms with Gasteiger partial charge < -0.3 is 9.64 Å². The van der Waals surface area contributed by atoms with Gasteiger partial charge in [-0.3, -0.25) is 9.69 Å². The number of hydrogen-bond donors (Lipinski definition) is 0. The molecule has 0 aromatic heterocycles. The van der Waals surface area contributed by atoms with E-state index in [2.05, 4.69) is 0 Å². The predicted molar refractivity (Wildman–Crippen MR) is 96.4 cm³/mol. The van der Waals surface area contributed by atoms with Gasteiger partial charge in [-0.25, -0.2) is 4.79 Å². The summed E-state index contributed by atoms with van der Waals surface area (Å²) in [5.74, 6) is 0.489. The number of carbonyl (C=O) groups is 2. The largest absolute Gasteiger partial charge is 0.416 e. The molecule has 0 radical (unpaired) electrons. The molecule has 0 aliphatic carbocycles. The van der Waals surface area contributed by atoms with E-state index in [1.165, 1.54) is 16.7 Å². The number of thioether (sulfide) groups is 1. The van der Waals surface area contributed by atoms with Gasteiger partial charge in [-0.05, 0) is 36.8 Å². The lowest BCUT2D eigenvalue weighted by molar-refractivity contribution is 0.0898. The summed E-state index contributed by atoms with van der Waals surface area (Å²) in [4.78, 5) is 27.5. The van der Waals surface area contributed by atoms with Crippen molar-refractivity contribution in [1.82, 2.24) is 9.80 Å². The zero-order chi connectivity index (χ0) is 17.5. The van der Waals surface area contributed by atoms with Gasteiger partial charge in [-0.2, -0.15) is 0 Å². The van der Waals surface area contributed by atoms with Crippen molar-refractivity contribution < 1.29 is 14.3 Å². The number of carbonyl (C=O) groups excluding carboxylic acids is 2. The number of rotatable bonds is 2. The molecule has 0 spiro atoms. The first kappa shape index (κ1) is 16.6. The predicted octanol–water partition coefficient (Wildman–Crippen LogP) is 4.17. The molecule has 6 heteroatoms. The van der Waals surface area contributed by atoms with Crippen molar-refractivity contribution in [2.24, 2.45) is 0 Å². The van der Waals surface area contributed by atoms with Gasteiger partial charge in [0.2, 0.25) is 0 Å². The van der Waals surface area contributed by atoms with Crippen LogP contribution in [0.4, 0.5) is 9.59 Å². The van der Waals surface area contributed by atoms with Crippen LogP contribution in [-0.4, -0.2) is 46.1 Å². The van der Waals surface area contributed by atoms with E-state index < -0.39 is 10.8 Å². The van der Waals surface area contributed by atoms with Crippen LogP contribution in [0.25, 0.3) is 10.8 Å². The summed E-state index contributed by atoms with van der Waals surface area (Å²) in [7, 11) is 3.36. The Morgan fingerprint density at radius 1 is 1.21 bits per heavy atom. The third-order valence-electron chi connectivity index (χ3n) is 4.21. The van der Waals surface area contributed by atoms with Gasteiger partial charge in [-0.15, -0.1) is 0 Å². The number of fused-ring (bicyclic) bond motifs is 1. The SMILES string of the molecule is CN(C(=O)Oc1ccc2ccccc2c1)[C@@H]1N(C)C(=O)SC1(C)C. The molecule has 1 atom stereocenters. The first-order chi connectivity index (χ1) is 11.3. The molecule has 1 aliphatic heterocycles. The number of hydrogen-bond acceptors (Lipinski definition) is 4. The molecule has 0 N–H and O–H groups in total. The number of nitrogens with zero attached hydrogens (tertiary/aromatic N) is 2. The molecule has 2 amide bonds. The maximum Gasteiger partial charge on any atom is 0.416 e. The lowest BCUT2D eigenvalue weighted by Gasteiger charge is -2.35. The fraction of sp³-hybridized carbons (Fsp3) is 0.333. The Hall–Kier alpha value is -2.21. The van der Waals surface area contributed by atoms with Crippen LogP contribution in [0.3, 0.4) is 0 Å². The van der Waals surface area contributed by atoms with Crippen molar-refractivity contribution in [3.05, 3.63) is 42.5 Å². The van der Waals surface area contributed by atoms with Gasteiger partial charge in [-0.1, -0.05) is 42.1 Å². The lowest BCUT2D eigenvalue weighted by atomic mass is 10.1. The maximum atomic E-state index is 12.5. The third-order valence-corrected chi connectivity index (χ3v) is 5.41. The van der Waals surface area contributed by atoms with Crippen molar-refractivity contribution in [2.75, 3.05) is 14.1 Å². The summed E-state index contributed by atoms with van der Waals surface area (Å²) >= 11 is 1.23. The molecular weight excluding hydrogens is 324 g/mol. The number of ether oxygens (including phenoxy) is 1. The molecule has 2 aromatic carbocycles. The second-order valence-corrected chi connectivity index (χ2v) is 8.05. The van der Waals surface area contributed by atoms with E-state index in [0.29, 0.717) is 5.75 Å². The summed E-state index contributed by atoms with van der Waals surface area (Å²) in [5.41, 5.74) is 0. The van der Waals surface area contributed by atoms with Crippen molar-refractivity contribution in [3.63, 3.8) is 0 Å². The van der Waals surface area contributed by atoms with Crippen molar-refractivity contribution in [1.29, 1.82) is 0 Å². The molecule has 1 fully saturated rings. The van der Waals surface area contributed by atoms with Crippen molar-refractivity contribution >= 4 is 33.9 Å². The highest BCUT2D eigenvalue weighted by Crippen LogP contribution is 2.41. The smallest absolute Gasteiger partial charge is 0.410 e. The standard InChI is InChI=1S/C18H20N2O3S/c1-18(2)15(20(4)17(22)24-18)19(3)16(21)23-14-10-9-12-7-5-6-8-13(12)11-14/h5-11,15H,1-4H3/t15-/m1/s1. The lowest BCUT2D eigenvalue weighted by Crippen LogP contribution is -2.53. The van der Waals surface area contributed by atoms with Crippen molar-refractivity contribution in [3.8, 4) is 5.75 Å². The normalized spacial score (nSPS) is 19.6. The van der Waals surface area contributed by atoms with Crippen LogP contribution in [0.1, 0.15) is 13.8 Å². The van der Waals surface area contributed by atoms with E-state index in [-0.39, 0.29) is 11.4 Å². The topological polar surface area (TPSA) is 49.9 Å². The van der Waals surface area contributed by atoms with Crippen LogP contribution in [0.5, 0.6) is 5.75 Å². The van der Waals surface area contributed by atoms with Crippen LogP contribution < -0.4 is 4.74 Å². The Labute approximate surface area is 145 Å². The van der Waals surface area contributed by atoms with Crippen LogP contribution in [0.15, 0.2) is 42.5 Å².